The van der Waals surface area contributed by atoms with Crippen molar-refractivity contribution in [2.45, 2.75) is 13.0 Å². The number of aldehydes is 1. The van der Waals surface area contributed by atoms with E-state index < -0.39 is 13.0 Å². The molecule has 1 aliphatic rings. The molecule has 24 heavy (non-hydrogen) atoms. The summed E-state index contributed by atoms with van der Waals surface area (Å²) >= 11 is 11.7. The summed E-state index contributed by atoms with van der Waals surface area (Å²) in [5.74, 6) is -0.260. The molecule has 1 aliphatic heterocycles. The van der Waals surface area contributed by atoms with Gasteiger partial charge in [0.05, 0.1) is 18.1 Å². The lowest BCUT2D eigenvalue weighted by Gasteiger charge is -2.16. The number of nitrogens with one attached hydrogen (secondary N) is 1. The molecule has 0 saturated carbocycles. The van der Waals surface area contributed by atoms with Gasteiger partial charge in [-0.1, -0.05) is 23.2 Å². The topological polar surface area (TPSA) is 62.3 Å². The predicted molar refractivity (Wildman–Crippen MR) is 86.1 cm³/mol. The maximum atomic E-state index is 12.4. The second kappa shape index (κ2) is 8.21. The molecule has 0 bridgehead atoms. The fraction of sp³-hybridized carbons (Fsp3) is 0.267. The zero-order valence-corrected chi connectivity index (χ0v) is 13.8. The third-order valence-electron chi connectivity index (χ3n) is 3.24. The molecule has 1 aromatic heterocycles. The first-order valence-corrected chi connectivity index (χ1v) is 7.63. The van der Waals surface area contributed by atoms with Gasteiger partial charge in [-0.25, -0.2) is 13.8 Å². The van der Waals surface area contributed by atoms with Crippen molar-refractivity contribution in [3.63, 3.8) is 0 Å². The number of amides is 1. The number of fused-ring (bicyclic) bond motifs is 1. The van der Waals surface area contributed by atoms with Gasteiger partial charge >= 0.3 is 0 Å². The van der Waals surface area contributed by atoms with Crippen LogP contribution in [0.25, 0.3) is 0 Å². The van der Waals surface area contributed by atoms with Gasteiger partial charge in [0.1, 0.15) is 5.15 Å². The first kappa shape index (κ1) is 18.4. The van der Waals surface area contributed by atoms with Gasteiger partial charge in [0, 0.05) is 30.1 Å². The monoisotopic (exact) mass is 375 g/mol. The van der Waals surface area contributed by atoms with Gasteiger partial charge in [-0.2, -0.15) is 0 Å². The molecule has 0 fully saturated rings. The number of nitrogens with zero attached hydrogens (tertiary/aromatic N) is 2. The smallest absolute Gasteiger partial charge is 0.255 e. The van der Waals surface area contributed by atoms with E-state index in [0.29, 0.717) is 23.0 Å². The summed E-state index contributed by atoms with van der Waals surface area (Å²) in [6.45, 7) is -0.246. The highest BCUT2D eigenvalue weighted by Gasteiger charge is 2.29. The lowest BCUT2D eigenvalue weighted by molar-refractivity contribution is -0.104. The van der Waals surface area contributed by atoms with Gasteiger partial charge in [0.25, 0.3) is 12.3 Å². The summed E-state index contributed by atoms with van der Waals surface area (Å²) in [5.41, 5.74) is 1.45. The number of halogens is 4. The summed E-state index contributed by atoms with van der Waals surface area (Å²) in [5, 5.41) is 2.56. The van der Waals surface area contributed by atoms with Crippen LogP contribution in [-0.4, -0.2) is 41.6 Å². The van der Waals surface area contributed by atoms with Crippen molar-refractivity contribution in [2.75, 3.05) is 13.1 Å². The van der Waals surface area contributed by atoms with Gasteiger partial charge in [-0.3, -0.25) is 9.59 Å². The molecule has 0 atom stereocenters. The van der Waals surface area contributed by atoms with Crippen molar-refractivity contribution in [1.29, 1.82) is 0 Å². The number of carbonyl (C=O) groups is 2. The SMILES string of the molecule is O=CC(Cl)=CC(=CNCC(F)F)CN1Cc2c(ccnc2Cl)C1=O. The van der Waals surface area contributed by atoms with Gasteiger partial charge < -0.3 is 10.2 Å². The van der Waals surface area contributed by atoms with Crippen LogP contribution in [0, 0.1) is 0 Å². The van der Waals surface area contributed by atoms with Crippen LogP contribution < -0.4 is 5.32 Å². The van der Waals surface area contributed by atoms with E-state index in [4.69, 9.17) is 23.2 Å². The molecule has 0 unspecified atom stereocenters. The van der Waals surface area contributed by atoms with E-state index in [1.807, 2.05) is 0 Å². The van der Waals surface area contributed by atoms with Crippen molar-refractivity contribution in [3.05, 3.63) is 51.4 Å². The molecule has 0 saturated heterocycles. The van der Waals surface area contributed by atoms with Crippen LogP contribution in [0.3, 0.4) is 0 Å². The highest BCUT2D eigenvalue weighted by atomic mass is 35.5. The van der Waals surface area contributed by atoms with E-state index in [1.165, 1.54) is 23.4 Å². The lowest BCUT2D eigenvalue weighted by atomic mass is 10.2. The van der Waals surface area contributed by atoms with E-state index in [1.54, 1.807) is 6.07 Å². The van der Waals surface area contributed by atoms with Gasteiger partial charge in [0.2, 0.25) is 0 Å². The largest absolute Gasteiger partial charge is 0.385 e. The highest BCUT2D eigenvalue weighted by Crippen LogP contribution is 2.28. The zero-order chi connectivity index (χ0) is 17.7. The standard InChI is InChI=1S/C15H13Cl2F2N3O2/c16-10(8-23)3-9(4-20-5-13(18)19)6-22-7-12-11(15(22)24)1-2-21-14(12)17/h1-4,8,13,20H,5-7H2. The molecule has 1 aromatic rings. The molecule has 128 valence electrons. The van der Waals surface area contributed by atoms with Crippen LogP contribution in [0.4, 0.5) is 8.78 Å². The second-order valence-electron chi connectivity index (χ2n) is 4.95. The summed E-state index contributed by atoms with van der Waals surface area (Å²) in [6.07, 6.45) is 1.93. The van der Waals surface area contributed by atoms with E-state index in [2.05, 4.69) is 10.3 Å². The average molecular weight is 376 g/mol. The van der Waals surface area contributed by atoms with Gasteiger partial charge in [-0.15, -0.1) is 0 Å². The number of hydrogen-bond acceptors (Lipinski definition) is 4. The number of hydrogen-bond donors (Lipinski definition) is 1. The zero-order valence-electron chi connectivity index (χ0n) is 12.3. The normalized spacial score (nSPS) is 15.0. The highest BCUT2D eigenvalue weighted by molar-refractivity contribution is 6.38. The minimum Gasteiger partial charge on any atom is -0.385 e. The molecule has 1 amide bonds. The fourth-order valence-corrected chi connectivity index (χ4v) is 2.58. The molecule has 0 spiro atoms. The molecule has 0 radical (unpaired) electrons. The Hall–Kier alpha value is -1.99. The third kappa shape index (κ3) is 4.52. The number of aromatic nitrogens is 1. The number of rotatable bonds is 7. The Bertz CT molecular complexity index is 708. The fourth-order valence-electron chi connectivity index (χ4n) is 2.22. The average Bonchev–Trinajstić information content (AvgIpc) is 2.85. The molecule has 0 aromatic carbocycles. The van der Waals surface area contributed by atoms with Crippen LogP contribution in [0.5, 0.6) is 0 Å². The van der Waals surface area contributed by atoms with E-state index in [-0.39, 0.29) is 29.2 Å². The predicted octanol–water partition coefficient (Wildman–Crippen LogP) is 2.75. The molecular weight excluding hydrogens is 363 g/mol. The molecule has 2 rings (SSSR count). The van der Waals surface area contributed by atoms with Crippen molar-refractivity contribution >= 4 is 35.4 Å². The minimum atomic E-state index is -2.53. The van der Waals surface area contributed by atoms with Gasteiger partial charge in [0.15, 0.2) is 6.29 Å². The Morgan fingerprint density at radius 2 is 2.25 bits per heavy atom. The van der Waals surface area contributed by atoms with E-state index >= 15 is 0 Å². The van der Waals surface area contributed by atoms with Crippen molar-refractivity contribution < 1.29 is 18.4 Å². The molecular formula is C15H13Cl2F2N3O2. The molecule has 5 nitrogen and oxygen atoms in total. The molecule has 1 N–H and O–H groups in total. The Morgan fingerprint density at radius 3 is 2.88 bits per heavy atom. The maximum absolute atomic E-state index is 12.4. The number of allylic oxidation sites excluding steroid dienone is 1. The molecule has 0 aliphatic carbocycles. The van der Waals surface area contributed by atoms with E-state index in [9.17, 15) is 18.4 Å². The lowest BCUT2D eigenvalue weighted by Crippen LogP contribution is -2.27. The summed E-state index contributed by atoms with van der Waals surface area (Å²) in [4.78, 5) is 28.4. The summed E-state index contributed by atoms with van der Waals surface area (Å²) in [6, 6.07) is 1.57. The first-order valence-electron chi connectivity index (χ1n) is 6.88. The molecule has 2 heterocycles. The maximum Gasteiger partial charge on any atom is 0.255 e. The number of carbonyl (C=O) groups excluding carboxylic acids is 2. The Labute approximate surface area is 146 Å². The second-order valence-corrected chi connectivity index (χ2v) is 5.75. The van der Waals surface area contributed by atoms with Crippen LogP contribution in [0.1, 0.15) is 15.9 Å². The number of pyridine rings is 1. The quantitative estimate of drug-likeness (QED) is 0.344. The third-order valence-corrected chi connectivity index (χ3v) is 3.76. The minimum absolute atomic E-state index is 0.0736. The van der Waals surface area contributed by atoms with Crippen molar-refractivity contribution in [3.8, 4) is 0 Å². The molecule has 9 heteroatoms. The Kier molecular flexibility index (Phi) is 6.28. The van der Waals surface area contributed by atoms with E-state index in [0.717, 1.165) is 0 Å². The summed E-state index contributed by atoms with van der Waals surface area (Å²) < 4.78 is 24.5. The van der Waals surface area contributed by atoms with Crippen molar-refractivity contribution in [1.82, 2.24) is 15.2 Å². The van der Waals surface area contributed by atoms with Crippen LogP contribution in [-0.2, 0) is 11.3 Å². The Balaban J connectivity index is 2.17. The van der Waals surface area contributed by atoms with Crippen LogP contribution >= 0.6 is 23.2 Å². The number of alkyl halides is 2. The summed E-state index contributed by atoms with van der Waals surface area (Å²) in [7, 11) is 0. The van der Waals surface area contributed by atoms with Crippen molar-refractivity contribution in [2.24, 2.45) is 0 Å². The van der Waals surface area contributed by atoms with Crippen LogP contribution in [0.15, 0.2) is 35.1 Å². The first-order chi connectivity index (χ1) is 11.4. The van der Waals surface area contributed by atoms with Crippen LogP contribution in [0.2, 0.25) is 5.15 Å². The Morgan fingerprint density at radius 1 is 1.50 bits per heavy atom. The van der Waals surface area contributed by atoms with Gasteiger partial charge in [-0.05, 0) is 17.7 Å².